The summed E-state index contributed by atoms with van der Waals surface area (Å²) in [5, 5.41) is 11.1. The van der Waals surface area contributed by atoms with Gasteiger partial charge in [-0.25, -0.2) is 0 Å². The summed E-state index contributed by atoms with van der Waals surface area (Å²) in [4.78, 5) is 25.7. The van der Waals surface area contributed by atoms with Crippen LogP contribution in [0.3, 0.4) is 0 Å². The highest BCUT2D eigenvalue weighted by Crippen LogP contribution is 2.29. The second-order valence-corrected chi connectivity index (χ2v) is 5.87. The van der Waals surface area contributed by atoms with Gasteiger partial charge in [-0.1, -0.05) is 12.8 Å². The van der Waals surface area contributed by atoms with Gasteiger partial charge in [0, 0.05) is 24.1 Å². The monoisotopic (exact) mass is 294 g/mol. The normalized spacial score (nSPS) is 15.3. The molecule has 1 aromatic carbocycles. The Morgan fingerprint density at radius 1 is 1.40 bits per heavy atom. The lowest BCUT2D eigenvalue weighted by Gasteiger charge is -2.24. The minimum atomic E-state index is -0.486. The van der Waals surface area contributed by atoms with Crippen molar-refractivity contribution in [3.63, 3.8) is 0 Å². The van der Waals surface area contributed by atoms with Crippen LogP contribution < -0.4 is 0 Å². The van der Waals surface area contributed by atoms with E-state index >= 15 is 0 Å². The fourth-order valence-electron chi connectivity index (χ4n) is 2.62. The molecule has 1 saturated carbocycles. The molecular formula is C14H18N2O3S. The molecule has 20 heavy (non-hydrogen) atoms. The lowest BCUT2D eigenvalue weighted by Crippen LogP contribution is -2.35. The van der Waals surface area contributed by atoms with Gasteiger partial charge in [-0.3, -0.25) is 14.9 Å². The lowest BCUT2D eigenvalue weighted by molar-refractivity contribution is -0.385. The number of nitrogens with zero attached hydrogens (tertiary/aromatic N) is 2. The third-order valence-corrected chi connectivity index (χ3v) is 4.55. The van der Waals surface area contributed by atoms with E-state index in [0.717, 1.165) is 30.6 Å². The van der Waals surface area contributed by atoms with Crippen molar-refractivity contribution in [1.82, 2.24) is 4.90 Å². The van der Waals surface area contributed by atoms with Crippen LogP contribution in [0.2, 0.25) is 0 Å². The summed E-state index contributed by atoms with van der Waals surface area (Å²) < 4.78 is 0. The maximum Gasteiger partial charge on any atom is 0.282 e. The number of nitro groups is 1. The molecule has 1 fully saturated rings. The average Bonchev–Trinajstić information content (AvgIpc) is 2.99. The molecule has 1 aromatic rings. The molecular weight excluding hydrogens is 276 g/mol. The Morgan fingerprint density at radius 2 is 2.05 bits per heavy atom. The highest BCUT2D eigenvalue weighted by atomic mass is 32.2. The molecule has 0 bridgehead atoms. The van der Waals surface area contributed by atoms with Crippen molar-refractivity contribution in [2.45, 2.75) is 36.6 Å². The number of hydrogen-bond acceptors (Lipinski definition) is 4. The van der Waals surface area contributed by atoms with Gasteiger partial charge in [-0.05, 0) is 31.2 Å². The van der Waals surface area contributed by atoms with E-state index in [1.54, 1.807) is 24.1 Å². The molecule has 0 saturated heterocycles. The molecule has 0 aromatic heterocycles. The van der Waals surface area contributed by atoms with Gasteiger partial charge in [-0.15, -0.1) is 11.8 Å². The first-order chi connectivity index (χ1) is 9.54. The summed E-state index contributed by atoms with van der Waals surface area (Å²) in [7, 11) is 1.74. The van der Waals surface area contributed by atoms with Gasteiger partial charge in [0.05, 0.1) is 4.92 Å². The summed E-state index contributed by atoms with van der Waals surface area (Å²) in [6.07, 6.45) is 6.09. The third kappa shape index (κ3) is 2.95. The molecule has 0 unspecified atom stereocenters. The van der Waals surface area contributed by atoms with Crippen LogP contribution in [0.5, 0.6) is 0 Å². The number of rotatable bonds is 4. The molecule has 0 spiro atoms. The number of hydrogen-bond donors (Lipinski definition) is 0. The third-order valence-electron chi connectivity index (χ3n) is 3.82. The van der Waals surface area contributed by atoms with Crippen molar-refractivity contribution < 1.29 is 9.72 Å². The maximum atomic E-state index is 12.5. The molecule has 1 amide bonds. The van der Waals surface area contributed by atoms with E-state index in [0.29, 0.717) is 0 Å². The molecule has 0 atom stereocenters. The van der Waals surface area contributed by atoms with Gasteiger partial charge < -0.3 is 4.90 Å². The molecule has 6 heteroatoms. The minimum absolute atomic E-state index is 0.113. The summed E-state index contributed by atoms with van der Waals surface area (Å²) in [6.45, 7) is 0. The zero-order valence-electron chi connectivity index (χ0n) is 11.7. The van der Waals surface area contributed by atoms with Crippen LogP contribution in [0.1, 0.15) is 36.0 Å². The second-order valence-electron chi connectivity index (χ2n) is 4.99. The summed E-state index contributed by atoms with van der Waals surface area (Å²) in [6, 6.07) is 4.92. The predicted molar refractivity (Wildman–Crippen MR) is 79.2 cm³/mol. The largest absolute Gasteiger partial charge is 0.339 e. The number of nitro benzene ring substituents is 1. The number of carbonyl (C=O) groups is 1. The molecule has 108 valence electrons. The zero-order chi connectivity index (χ0) is 14.7. The Kier molecular flexibility index (Phi) is 4.65. The average molecular weight is 294 g/mol. The fourth-order valence-corrected chi connectivity index (χ4v) is 3.06. The van der Waals surface area contributed by atoms with Crippen LogP contribution in [-0.4, -0.2) is 35.1 Å². The summed E-state index contributed by atoms with van der Waals surface area (Å²) in [5.74, 6) is -0.250. The quantitative estimate of drug-likeness (QED) is 0.485. The highest BCUT2D eigenvalue weighted by Gasteiger charge is 2.28. The van der Waals surface area contributed by atoms with E-state index in [9.17, 15) is 14.9 Å². The van der Waals surface area contributed by atoms with E-state index in [1.807, 2.05) is 6.26 Å². The molecule has 5 nitrogen and oxygen atoms in total. The van der Waals surface area contributed by atoms with Crippen molar-refractivity contribution in [3.05, 3.63) is 33.9 Å². The van der Waals surface area contributed by atoms with E-state index in [-0.39, 0.29) is 23.2 Å². The van der Waals surface area contributed by atoms with Crippen LogP contribution in [0.25, 0.3) is 0 Å². The van der Waals surface area contributed by atoms with E-state index in [1.165, 1.54) is 17.8 Å². The molecule has 0 radical (unpaired) electrons. The van der Waals surface area contributed by atoms with E-state index in [2.05, 4.69) is 0 Å². The topological polar surface area (TPSA) is 63.5 Å². The Hall–Kier alpha value is -1.56. The molecule has 0 heterocycles. The van der Waals surface area contributed by atoms with Gasteiger partial charge in [0.1, 0.15) is 5.56 Å². The first-order valence-electron chi connectivity index (χ1n) is 6.64. The van der Waals surface area contributed by atoms with Crippen molar-refractivity contribution in [3.8, 4) is 0 Å². The Morgan fingerprint density at radius 3 is 2.60 bits per heavy atom. The van der Waals surface area contributed by atoms with Gasteiger partial charge in [0.25, 0.3) is 11.6 Å². The van der Waals surface area contributed by atoms with Crippen molar-refractivity contribution in [1.29, 1.82) is 0 Å². The van der Waals surface area contributed by atoms with E-state index in [4.69, 9.17) is 0 Å². The predicted octanol–water partition coefficient (Wildman–Crippen LogP) is 3.33. The summed E-state index contributed by atoms with van der Waals surface area (Å²) in [5.41, 5.74) is 0.0777. The van der Waals surface area contributed by atoms with Gasteiger partial charge in [0.2, 0.25) is 0 Å². The number of amides is 1. The lowest BCUT2D eigenvalue weighted by atomic mass is 10.1. The Balaban J connectivity index is 2.33. The van der Waals surface area contributed by atoms with Gasteiger partial charge in [0.15, 0.2) is 0 Å². The SMILES string of the molecule is CSc1ccc([N+](=O)[O-])c(C(=O)N(C)C2CCCC2)c1. The first-order valence-corrected chi connectivity index (χ1v) is 7.86. The summed E-state index contributed by atoms with van der Waals surface area (Å²) >= 11 is 1.47. The van der Waals surface area contributed by atoms with Crippen LogP contribution in [-0.2, 0) is 0 Å². The molecule has 1 aliphatic carbocycles. The minimum Gasteiger partial charge on any atom is -0.339 e. The number of thioether (sulfide) groups is 1. The van der Waals surface area contributed by atoms with Gasteiger partial charge in [-0.2, -0.15) is 0 Å². The van der Waals surface area contributed by atoms with Crippen molar-refractivity contribution >= 4 is 23.4 Å². The van der Waals surface area contributed by atoms with Crippen molar-refractivity contribution in [2.75, 3.05) is 13.3 Å². The van der Waals surface area contributed by atoms with E-state index < -0.39 is 4.92 Å². The fraction of sp³-hybridized carbons (Fsp3) is 0.500. The van der Waals surface area contributed by atoms with Crippen LogP contribution in [0.15, 0.2) is 23.1 Å². The maximum absolute atomic E-state index is 12.5. The molecule has 0 aliphatic heterocycles. The van der Waals surface area contributed by atoms with Crippen molar-refractivity contribution in [2.24, 2.45) is 0 Å². The first kappa shape index (κ1) is 14.8. The Labute approximate surface area is 122 Å². The van der Waals surface area contributed by atoms with Crippen LogP contribution in [0.4, 0.5) is 5.69 Å². The number of carbonyl (C=O) groups excluding carboxylic acids is 1. The standard InChI is InChI=1S/C14H18N2O3S/c1-15(10-5-3-4-6-10)14(17)12-9-11(20-2)7-8-13(12)16(18)19/h7-10H,3-6H2,1-2H3. The molecule has 2 rings (SSSR count). The van der Waals surface area contributed by atoms with Gasteiger partial charge >= 0.3 is 0 Å². The zero-order valence-corrected chi connectivity index (χ0v) is 12.5. The second kappa shape index (κ2) is 6.26. The molecule has 1 aliphatic rings. The van der Waals surface area contributed by atoms with Crippen LogP contribution >= 0.6 is 11.8 Å². The highest BCUT2D eigenvalue weighted by molar-refractivity contribution is 7.98. The van der Waals surface area contributed by atoms with Crippen LogP contribution in [0, 0.1) is 10.1 Å². The number of benzene rings is 1. The molecule has 0 N–H and O–H groups in total. The Bertz CT molecular complexity index is 527. The smallest absolute Gasteiger partial charge is 0.282 e.